The van der Waals surface area contributed by atoms with Crippen LogP contribution in [0.1, 0.15) is 65.2 Å². The summed E-state index contributed by atoms with van der Waals surface area (Å²) in [7, 11) is 2.61. The van der Waals surface area contributed by atoms with Crippen LogP contribution in [0.4, 0.5) is 0 Å². The molecule has 0 fully saturated rings. The molecule has 7 nitrogen and oxygen atoms in total. The largest absolute Gasteiger partial charge is 0.489 e. The van der Waals surface area contributed by atoms with Gasteiger partial charge in [-0.15, -0.1) is 0 Å². The maximum atomic E-state index is 12.8. The van der Waals surface area contributed by atoms with E-state index in [4.69, 9.17) is 14.6 Å². The molecule has 1 aliphatic carbocycles. The van der Waals surface area contributed by atoms with Crippen LogP contribution in [0.3, 0.4) is 0 Å². The maximum absolute atomic E-state index is 12.8. The number of carbonyl (C=O) groups excluding carboxylic acids is 3. The lowest BCUT2D eigenvalue weighted by Gasteiger charge is -2.19. The fraction of sp³-hybridized carbons (Fsp3) is 0.609. The Bertz CT molecular complexity index is 717. The number of unbranched alkanes of at least 4 members (excludes halogenated alkanes) is 6. The predicted octanol–water partition coefficient (Wildman–Crippen LogP) is 3.13. The lowest BCUT2D eigenvalue weighted by atomic mass is 9.90. The Kier molecular flexibility index (Phi) is 11.7. The van der Waals surface area contributed by atoms with E-state index in [1.54, 1.807) is 0 Å². The lowest BCUT2D eigenvalue weighted by molar-refractivity contribution is -0.120. The van der Waals surface area contributed by atoms with Gasteiger partial charge in [0.1, 0.15) is 0 Å². The molecule has 0 radical (unpaired) electrons. The van der Waals surface area contributed by atoms with Crippen molar-refractivity contribution in [1.29, 1.82) is 0 Å². The molecule has 0 aliphatic heterocycles. The highest BCUT2D eigenvalue weighted by atomic mass is 16.5. The Morgan fingerprint density at radius 2 is 1.53 bits per heavy atom. The summed E-state index contributed by atoms with van der Waals surface area (Å²) in [6, 6.07) is 0. The molecule has 0 spiro atoms. The second-order valence-corrected chi connectivity index (χ2v) is 7.28. The van der Waals surface area contributed by atoms with Crippen molar-refractivity contribution in [2.75, 3.05) is 27.4 Å². The van der Waals surface area contributed by atoms with Crippen molar-refractivity contribution in [2.24, 2.45) is 0 Å². The Labute approximate surface area is 179 Å². The molecule has 0 aromatic carbocycles. The molecule has 0 unspecified atom stereocenters. The number of Topliss-reactive ketones (excluding diaryl/α,β-unsaturated/α-hetero) is 2. The standard InChI is InChI=1S/C23H35NO6/c1-5-6-7-8-9-10-11-12-17(23(28)24-13-14-25)15-18-16(2)19(26)21(29-3)22(30-4)20(18)27/h15,25H,5-14H2,1-4H3,(H,24,28). The van der Waals surface area contributed by atoms with E-state index in [9.17, 15) is 14.4 Å². The van der Waals surface area contributed by atoms with E-state index in [1.165, 1.54) is 52.9 Å². The van der Waals surface area contributed by atoms with Gasteiger partial charge in [0.15, 0.2) is 0 Å². The monoisotopic (exact) mass is 421 g/mol. The fourth-order valence-corrected chi connectivity index (χ4v) is 3.32. The molecular formula is C23H35NO6. The molecule has 0 bridgehead atoms. The number of rotatable bonds is 14. The molecule has 168 valence electrons. The molecule has 1 aliphatic rings. The molecule has 7 heteroatoms. The van der Waals surface area contributed by atoms with Gasteiger partial charge in [0, 0.05) is 23.3 Å². The molecule has 0 atom stereocenters. The van der Waals surface area contributed by atoms with E-state index in [0.717, 1.165) is 19.3 Å². The van der Waals surface area contributed by atoms with Crippen molar-refractivity contribution in [3.63, 3.8) is 0 Å². The van der Waals surface area contributed by atoms with E-state index in [1.807, 2.05) is 0 Å². The number of hydrogen-bond donors (Lipinski definition) is 2. The summed E-state index contributed by atoms with van der Waals surface area (Å²) in [5.74, 6) is -1.57. The quantitative estimate of drug-likeness (QED) is 0.254. The molecule has 30 heavy (non-hydrogen) atoms. The van der Waals surface area contributed by atoms with Crippen molar-refractivity contribution < 1.29 is 29.0 Å². The molecule has 0 saturated heterocycles. The third-order valence-corrected chi connectivity index (χ3v) is 5.07. The van der Waals surface area contributed by atoms with Gasteiger partial charge in [0.25, 0.3) is 0 Å². The van der Waals surface area contributed by atoms with Gasteiger partial charge in [-0.25, -0.2) is 0 Å². The van der Waals surface area contributed by atoms with Crippen LogP contribution in [-0.4, -0.2) is 50.0 Å². The van der Waals surface area contributed by atoms with Crippen LogP contribution in [0.5, 0.6) is 0 Å². The van der Waals surface area contributed by atoms with Crippen LogP contribution in [0.25, 0.3) is 0 Å². The number of allylic oxidation sites excluding steroid dienone is 3. The van der Waals surface area contributed by atoms with Gasteiger partial charge in [-0.05, 0) is 25.8 Å². The number of methoxy groups -OCH3 is 2. The number of nitrogens with one attached hydrogen (secondary N) is 1. The summed E-state index contributed by atoms with van der Waals surface area (Å²) in [5, 5.41) is 11.6. The van der Waals surface area contributed by atoms with Gasteiger partial charge in [0.05, 0.1) is 20.8 Å². The van der Waals surface area contributed by atoms with Gasteiger partial charge in [0.2, 0.25) is 29.0 Å². The van der Waals surface area contributed by atoms with Crippen molar-refractivity contribution in [3.05, 3.63) is 34.3 Å². The first kappa shape index (κ1) is 25.6. The Morgan fingerprint density at radius 1 is 0.967 bits per heavy atom. The summed E-state index contributed by atoms with van der Waals surface area (Å²) >= 11 is 0. The average molecular weight is 422 g/mol. The van der Waals surface area contributed by atoms with E-state index >= 15 is 0 Å². The molecule has 0 aromatic rings. The van der Waals surface area contributed by atoms with E-state index in [2.05, 4.69) is 12.2 Å². The second-order valence-electron chi connectivity index (χ2n) is 7.28. The van der Waals surface area contributed by atoms with Crippen LogP contribution in [0.2, 0.25) is 0 Å². The fourth-order valence-electron chi connectivity index (χ4n) is 3.32. The number of aliphatic hydroxyl groups is 1. The second kappa shape index (κ2) is 13.7. The number of ketones is 2. The van der Waals surface area contributed by atoms with Crippen molar-refractivity contribution >= 4 is 17.5 Å². The molecular weight excluding hydrogens is 386 g/mol. The molecule has 0 saturated carbocycles. The minimum absolute atomic E-state index is 0.120. The number of aliphatic hydroxyl groups excluding tert-OH is 1. The first-order valence-corrected chi connectivity index (χ1v) is 10.6. The highest BCUT2D eigenvalue weighted by molar-refractivity contribution is 6.24. The molecule has 2 N–H and O–H groups in total. The number of amides is 1. The Balaban J connectivity index is 3.02. The summed E-state index contributed by atoms with van der Waals surface area (Å²) in [6.45, 7) is 3.66. The smallest absolute Gasteiger partial charge is 0.247 e. The third kappa shape index (κ3) is 7.13. The van der Waals surface area contributed by atoms with Crippen LogP contribution in [0.15, 0.2) is 34.3 Å². The van der Waals surface area contributed by atoms with Crippen molar-refractivity contribution in [2.45, 2.75) is 65.2 Å². The third-order valence-electron chi connectivity index (χ3n) is 5.07. The molecule has 0 aromatic heterocycles. The van der Waals surface area contributed by atoms with Crippen LogP contribution < -0.4 is 5.32 Å². The predicted molar refractivity (Wildman–Crippen MR) is 115 cm³/mol. The van der Waals surface area contributed by atoms with Gasteiger partial charge >= 0.3 is 0 Å². The normalized spacial score (nSPS) is 15.0. The van der Waals surface area contributed by atoms with Gasteiger partial charge in [-0.3, -0.25) is 14.4 Å². The summed E-state index contributed by atoms with van der Waals surface area (Å²) in [5.41, 5.74) is 0.753. The topological polar surface area (TPSA) is 102 Å². The first-order valence-electron chi connectivity index (χ1n) is 10.6. The molecule has 0 heterocycles. The molecule has 1 rings (SSSR count). The average Bonchev–Trinajstić information content (AvgIpc) is 2.75. The van der Waals surface area contributed by atoms with Crippen LogP contribution >= 0.6 is 0 Å². The van der Waals surface area contributed by atoms with E-state index in [0.29, 0.717) is 12.0 Å². The summed E-state index contributed by atoms with van der Waals surface area (Å²) < 4.78 is 10.1. The van der Waals surface area contributed by atoms with Crippen molar-refractivity contribution in [3.8, 4) is 0 Å². The minimum Gasteiger partial charge on any atom is -0.489 e. The maximum Gasteiger partial charge on any atom is 0.247 e. The zero-order chi connectivity index (χ0) is 22.5. The van der Waals surface area contributed by atoms with Crippen LogP contribution in [0, 0.1) is 0 Å². The SMILES string of the molecule is CCCCCCCCCC(=CC1=C(C)C(=O)C(OC)=C(OC)C1=O)C(=O)NCCO. The summed E-state index contributed by atoms with van der Waals surface area (Å²) in [6.07, 6.45) is 9.65. The highest BCUT2D eigenvalue weighted by Gasteiger charge is 2.34. The number of carbonyl (C=O) groups is 3. The molecule has 1 amide bonds. The Morgan fingerprint density at radius 3 is 2.10 bits per heavy atom. The Hall–Kier alpha value is -2.41. The van der Waals surface area contributed by atoms with E-state index in [-0.39, 0.29) is 41.7 Å². The minimum atomic E-state index is -0.488. The van der Waals surface area contributed by atoms with Gasteiger partial charge in [-0.2, -0.15) is 0 Å². The summed E-state index contributed by atoms with van der Waals surface area (Å²) in [4.78, 5) is 38.0. The number of ether oxygens (including phenoxy) is 2. The van der Waals surface area contributed by atoms with Gasteiger partial charge < -0.3 is 19.9 Å². The lowest BCUT2D eigenvalue weighted by Crippen LogP contribution is -2.29. The zero-order valence-electron chi connectivity index (χ0n) is 18.6. The van der Waals surface area contributed by atoms with Gasteiger partial charge in [-0.1, -0.05) is 45.4 Å². The number of hydrogen-bond acceptors (Lipinski definition) is 6. The van der Waals surface area contributed by atoms with Crippen molar-refractivity contribution in [1.82, 2.24) is 5.32 Å². The highest BCUT2D eigenvalue weighted by Crippen LogP contribution is 2.28. The zero-order valence-corrected chi connectivity index (χ0v) is 18.6. The van der Waals surface area contributed by atoms with E-state index < -0.39 is 11.6 Å². The first-order chi connectivity index (χ1) is 14.4. The van der Waals surface area contributed by atoms with Crippen LogP contribution in [-0.2, 0) is 23.9 Å².